The molecule has 0 amide bonds. The summed E-state index contributed by atoms with van der Waals surface area (Å²) >= 11 is 6.09. The Morgan fingerprint density at radius 3 is 2.53 bits per heavy atom. The van der Waals surface area contributed by atoms with Crippen molar-refractivity contribution in [2.45, 2.75) is 26.0 Å². The van der Waals surface area contributed by atoms with Crippen LogP contribution in [0.3, 0.4) is 0 Å². The second-order valence-corrected chi connectivity index (χ2v) is 4.03. The lowest BCUT2D eigenvalue weighted by Crippen LogP contribution is -2.24. The van der Waals surface area contributed by atoms with E-state index in [0.29, 0.717) is 16.3 Å². The smallest absolute Gasteiger partial charge is 0.119 e. The zero-order valence-corrected chi connectivity index (χ0v) is 9.88. The highest BCUT2D eigenvalue weighted by molar-refractivity contribution is 6.32. The molecule has 3 nitrogen and oxygen atoms in total. The molecule has 0 fully saturated rings. The van der Waals surface area contributed by atoms with E-state index in [0.717, 1.165) is 5.56 Å². The molecular formula is C11H16ClNO2. The van der Waals surface area contributed by atoms with Crippen LogP contribution in [-0.4, -0.2) is 18.3 Å². The number of nitrogens with two attached hydrogens (primary N) is 1. The van der Waals surface area contributed by atoms with Gasteiger partial charge in [0.2, 0.25) is 0 Å². The summed E-state index contributed by atoms with van der Waals surface area (Å²) in [4.78, 5) is 0. The molecule has 2 atom stereocenters. The van der Waals surface area contributed by atoms with Crippen LogP contribution < -0.4 is 10.5 Å². The number of aryl methyl sites for hydroxylation is 1. The molecule has 1 rings (SSSR count). The SMILES string of the molecule is COc1cc(C)c(Cl)c(C(O)C(C)N)c1. The molecule has 0 aliphatic heterocycles. The summed E-state index contributed by atoms with van der Waals surface area (Å²) in [6.07, 6.45) is -0.772. The third kappa shape index (κ3) is 2.62. The Morgan fingerprint density at radius 2 is 2.07 bits per heavy atom. The molecule has 2 unspecified atom stereocenters. The summed E-state index contributed by atoms with van der Waals surface area (Å²) in [5, 5.41) is 10.4. The maximum Gasteiger partial charge on any atom is 0.119 e. The van der Waals surface area contributed by atoms with Crippen molar-refractivity contribution in [1.29, 1.82) is 0 Å². The number of aliphatic hydroxyl groups excluding tert-OH is 1. The van der Waals surface area contributed by atoms with Crippen molar-refractivity contribution in [1.82, 2.24) is 0 Å². The van der Waals surface area contributed by atoms with Gasteiger partial charge in [-0.1, -0.05) is 11.6 Å². The van der Waals surface area contributed by atoms with Gasteiger partial charge in [0, 0.05) is 16.6 Å². The monoisotopic (exact) mass is 229 g/mol. The standard InChI is InChI=1S/C11H16ClNO2/c1-6-4-8(15-3)5-9(10(6)12)11(14)7(2)13/h4-5,7,11,14H,13H2,1-3H3. The van der Waals surface area contributed by atoms with Crippen LogP contribution in [0.4, 0.5) is 0 Å². The lowest BCUT2D eigenvalue weighted by Gasteiger charge is -2.18. The van der Waals surface area contributed by atoms with Crippen LogP contribution in [0.1, 0.15) is 24.2 Å². The van der Waals surface area contributed by atoms with Gasteiger partial charge in [0.15, 0.2) is 0 Å². The normalized spacial score (nSPS) is 14.8. The van der Waals surface area contributed by atoms with Crippen LogP contribution >= 0.6 is 11.6 Å². The quantitative estimate of drug-likeness (QED) is 0.834. The molecule has 15 heavy (non-hydrogen) atoms. The average Bonchev–Trinajstić information content (AvgIpc) is 2.20. The maximum absolute atomic E-state index is 9.86. The highest BCUT2D eigenvalue weighted by Crippen LogP contribution is 2.31. The number of aliphatic hydroxyl groups is 1. The van der Waals surface area contributed by atoms with Crippen molar-refractivity contribution in [2.24, 2.45) is 5.73 Å². The van der Waals surface area contributed by atoms with Crippen LogP contribution in [0.15, 0.2) is 12.1 Å². The number of hydrogen-bond acceptors (Lipinski definition) is 3. The fourth-order valence-corrected chi connectivity index (χ4v) is 1.60. The molecule has 0 aliphatic carbocycles. The van der Waals surface area contributed by atoms with Crippen molar-refractivity contribution in [3.63, 3.8) is 0 Å². The van der Waals surface area contributed by atoms with Crippen molar-refractivity contribution in [3.8, 4) is 5.75 Å². The molecule has 4 heteroatoms. The molecule has 0 radical (unpaired) electrons. The molecular weight excluding hydrogens is 214 g/mol. The second kappa shape index (κ2) is 4.84. The van der Waals surface area contributed by atoms with E-state index in [4.69, 9.17) is 22.1 Å². The van der Waals surface area contributed by atoms with E-state index in [9.17, 15) is 5.11 Å². The van der Waals surface area contributed by atoms with E-state index in [-0.39, 0.29) is 6.04 Å². The van der Waals surface area contributed by atoms with Gasteiger partial charge in [0.25, 0.3) is 0 Å². The zero-order chi connectivity index (χ0) is 11.6. The third-order valence-corrected chi connectivity index (χ3v) is 2.82. The molecule has 0 aromatic heterocycles. The van der Waals surface area contributed by atoms with Gasteiger partial charge in [-0.3, -0.25) is 0 Å². The highest BCUT2D eigenvalue weighted by Gasteiger charge is 2.18. The first-order chi connectivity index (χ1) is 6.97. The van der Waals surface area contributed by atoms with Crippen molar-refractivity contribution >= 4 is 11.6 Å². The number of benzene rings is 1. The molecule has 1 aromatic rings. The Balaban J connectivity index is 3.21. The van der Waals surface area contributed by atoms with Gasteiger partial charge in [-0.2, -0.15) is 0 Å². The van der Waals surface area contributed by atoms with Crippen molar-refractivity contribution in [3.05, 3.63) is 28.3 Å². The van der Waals surface area contributed by atoms with E-state index in [2.05, 4.69) is 0 Å². The second-order valence-electron chi connectivity index (χ2n) is 3.65. The van der Waals surface area contributed by atoms with Crippen LogP contribution in [0.2, 0.25) is 5.02 Å². The first-order valence-electron chi connectivity index (χ1n) is 4.75. The molecule has 84 valence electrons. The van der Waals surface area contributed by atoms with Gasteiger partial charge in [-0.15, -0.1) is 0 Å². The fraction of sp³-hybridized carbons (Fsp3) is 0.455. The maximum atomic E-state index is 9.86. The fourth-order valence-electron chi connectivity index (χ4n) is 1.38. The average molecular weight is 230 g/mol. The number of ether oxygens (including phenoxy) is 1. The number of methoxy groups -OCH3 is 1. The number of hydrogen-bond donors (Lipinski definition) is 2. The molecule has 0 bridgehead atoms. The zero-order valence-electron chi connectivity index (χ0n) is 9.12. The Kier molecular flexibility index (Phi) is 3.97. The molecule has 0 saturated heterocycles. The Labute approximate surface area is 94.8 Å². The Morgan fingerprint density at radius 1 is 1.47 bits per heavy atom. The van der Waals surface area contributed by atoms with Crippen LogP contribution in [-0.2, 0) is 0 Å². The largest absolute Gasteiger partial charge is 0.497 e. The predicted molar refractivity (Wildman–Crippen MR) is 61.4 cm³/mol. The van der Waals surface area contributed by atoms with E-state index < -0.39 is 6.10 Å². The Bertz CT molecular complexity index is 353. The van der Waals surface area contributed by atoms with Gasteiger partial charge >= 0.3 is 0 Å². The minimum atomic E-state index is -0.772. The van der Waals surface area contributed by atoms with Crippen molar-refractivity contribution in [2.75, 3.05) is 7.11 Å². The minimum absolute atomic E-state index is 0.367. The summed E-state index contributed by atoms with van der Waals surface area (Å²) in [5.74, 6) is 0.673. The first kappa shape index (κ1) is 12.3. The lowest BCUT2D eigenvalue weighted by molar-refractivity contribution is 0.153. The predicted octanol–water partition coefficient (Wildman–Crippen LogP) is 2.04. The van der Waals surface area contributed by atoms with Gasteiger partial charge in [0.05, 0.1) is 13.2 Å². The third-order valence-electron chi connectivity index (χ3n) is 2.31. The summed E-state index contributed by atoms with van der Waals surface area (Å²) in [5.41, 5.74) is 7.11. The van der Waals surface area contributed by atoms with Gasteiger partial charge < -0.3 is 15.6 Å². The molecule has 3 N–H and O–H groups in total. The number of rotatable bonds is 3. The molecule has 0 spiro atoms. The Hall–Kier alpha value is -0.770. The van der Waals surface area contributed by atoms with Crippen molar-refractivity contribution < 1.29 is 9.84 Å². The van der Waals surface area contributed by atoms with Crippen LogP contribution in [0.25, 0.3) is 0 Å². The van der Waals surface area contributed by atoms with Gasteiger partial charge in [-0.25, -0.2) is 0 Å². The van der Waals surface area contributed by atoms with E-state index in [1.807, 2.05) is 13.0 Å². The van der Waals surface area contributed by atoms with Crippen LogP contribution in [0.5, 0.6) is 5.75 Å². The highest BCUT2D eigenvalue weighted by atomic mass is 35.5. The summed E-state index contributed by atoms with van der Waals surface area (Å²) in [6, 6.07) is 3.16. The molecule has 0 heterocycles. The summed E-state index contributed by atoms with van der Waals surface area (Å²) in [7, 11) is 1.57. The lowest BCUT2D eigenvalue weighted by atomic mass is 10.0. The van der Waals surface area contributed by atoms with Crippen LogP contribution in [0, 0.1) is 6.92 Å². The summed E-state index contributed by atoms with van der Waals surface area (Å²) in [6.45, 7) is 3.60. The molecule has 1 aromatic carbocycles. The topological polar surface area (TPSA) is 55.5 Å². The van der Waals surface area contributed by atoms with E-state index >= 15 is 0 Å². The first-order valence-corrected chi connectivity index (χ1v) is 5.12. The number of halogens is 1. The van der Waals surface area contributed by atoms with Gasteiger partial charge in [0.1, 0.15) is 5.75 Å². The molecule has 0 saturated carbocycles. The molecule has 0 aliphatic rings. The minimum Gasteiger partial charge on any atom is -0.497 e. The van der Waals surface area contributed by atoms with Gasteiger partial charge in [-0.05, 0) is 31.5 Å². The van der Waals surface area contributed by atoms with E-state index in [1.54, 1.807) is 20.1 Å². The summed E-state index contributed by atoms with van der Waals surface area (Å²) < 4.78 is 5.11. The van der Waals surface area contributed by atoms with E-state index in [1.165, 1.54) is 0 Å².